The molecule has 1 amide bonds. The summed E-state index contributed by atoms with van der Waals surface area (Å²) in [6.07, 6.45) is 4.45. The Balaban J connectivity index is 2.14. The Labute approximate surface area is 109 Å². The van der Waals surface area contributed by atoms with Crippen molar-refractivity contribution < 1.29 is 4.79 Å². The van der Waals surface area contributed by atoms with Crippen molar-refractivity contribution in [2.24, 2.45) is 9.98 Å². The number of benzene rings is 1. The van der Waals surface area contributed by atoms with Crippen molar-refractivity contribution in [3.63, 3.8) is 0 Å². The van der Waals surface area contributed by atoms with Crippen molar-refractivity contribution in [1.82, 2.24) is 0 Å². The van der Waals surface area contributed by atoms with Crippen molar-refractivity contribution in [2.75, 3.05) is 11.9 Å². The van der Waals surface area contributed by atoms with Crippen LogP contribution in [0.1, 0.15) is 12.0 Å². The summed E-state index contributed by atoms with van der Waals surface area (Å²) >= 11 is 6.02. The van der Waals surface area contributed by atoms with Gasteiger partial charge in [0.2, 0.25) is 5.91 Å². The van der Waals surface area contributed by atoms with Crippen LogP contribution in [-0.4, -0.2) is 23.9 Å². The quantitative estimate of drug-likeness (QED) is 0.827. The number of allylic oxidation sites excluding steroid dienone is 1. The smallest absolute Gasteiger partial charge is 0.246 e. The third-order valence-electron chi connectivity index (χ3n) is 2.81. The fraction of sp³-hybridized carbons (Fsp3) is 0.154. The first-order chi connectivity index (χ1) is 8.74. The molecule has 1 N–H and O–H groups in total. The lowest BCUT2D eigenvalue weighted by Crippen LogP contribution is -2.14. The Morgan fingerprint density at radius 3 is 3.00 bits per heavy atom. The molecule has 0 fully saturated rings. The zero-order chi connectivity index (χ0) is 12.5. The second-order valence-corrected chi connectivity index (χ2v) is 4.50. The van der Waals surface area contributed by atoms with E-state index in [9.17, 15) is 4.79 Å². The fourth-order valence-corrected chi connectivity index (χ4v) is 2.18. The molecule has 1 aromatic carbocycles. The molecule has 1 aromatic rings. The monoisotopic (exact) mass is 259 g/mol. The number of carbonyl (C=O) groups is 1. The SMILES string of the molecule is O=C1CN=C(C2=NC=CC2)c2cc(Cl)ccc2N1. The Morgan fingerprint density at radius 1 is 1.33 bits per heavy atom. The van der Waals surface area contributed by atoms with Crippen LogP contribution in [0.4, 0.5) is 5.69 Å². The lowest BCUT2D eigenvalue weighted by molar-refractivity contribution is -0.114. The summed E-state index contributed by atoms with van der Waals surface area (Å²) in [7, 11) is 0. The van der Waals surface area contributed by atoms with Crippen molar-refractivity contribution in [3.8, 4) is 0 Å². The van der Waals surface area contributed by atoms with Crippen LogP contribution in [0, 0.1) is 0 Å². The first kappa shape index (κ1) is 11.2. The number of aliphatic imine (C=N–C) groups is 2. The highest BCUT2D eigenvalue weighted by Crippen LogP contribution is 2.25. The minimum Gasteiger partial charge on any atom is -0.324 e. The van der Waals surface area contributed by atoms with Crippen molar-refractivity contribution in [3.05, 3.63) is 41.1 Å². The second kappa shape index (κ2) is 4.38. The minimum atomic E-state index is -0.125. The van der Waals surface area contributed by atoms with Crippen LogP contribution >= 0.6 is 11.6 Å². The van der Waals surface area contributed by atoms with Gasteiger partial charge >= 0.3 is 0 Å². The van der Waals surface area contributed by atoms with Gasteiger partial charge in [0.25, 0.3) is 0 Å². The van der Waals surface area contributed by atoms with Gasteiger partial charge in [-0.05, 0) is 18.2 Å². The van der Waals surface area contributed by atoms with Crippen molar-refractivity contribution in [1.29, 1.82) is 0 Å². The Kier molecular flexibility index (Phi) is 2.72. The highest BCUT2D eigenvalue weighted by Gasteiger charge is 2.21. The van der Waals surface area contributed by atoms with E-state index in [1.54, 1.807) is 18.3 Å². The van der Waals surface area contributed by atoms with Gasteiger partial charge < -0.3 is 5.32 Å². The molecule has 0 aliphatic carbocycles. The van der Waals surface area contributed by atoms with Crippen LogP contribution in [-0.2, 0) is 4.79 Å². The molecule has 0 radical (unpaired) electrons. The number of hydrogen-bond acceptors (Lipinski definition) is 3. The summed E-state index contributed by atoms with van der Waals surface area (Å²) in [6, 6.07) is 5.35. The highest BCUT2D eigenvalue weighted by molar-refractivity contribution is 6.51. The molecule has 0 saturated carbocycles. The standard InChI is InChI=1S/C13H10ClN3O/c14-8-3-4-10-9(6-8)13(11-2-1-5-15-11)16-7-12(18)17-10/h1,3-6H,2,7H2,(H,17,18). The number of hydrogen-bond donors (Lipinski definition) is 1. The van der Waals surface area contributed by atoms with E-state index in [0.717, 1.165) is 29.1 Å². The average Bonchev–Trinajstić information content (AvgIpc) is 2.81. The number of rotatable bonds is 1. The highest BCUT2D eigenvalue weighted by atomic mass is 35.5. The summed E-state index contributed by atoms with van der Waals surface area (Å²) in [5.41, 5.74) is 3.18. The van der Waals surface area contributed by atoms with E-state index in [1.165, 1.54) is 0 Å². The van der Waals surface area contributed by atoms with Gasteiger partial charge in [-0.2, -0.15) is 0 Å². The van der Waals surface area contributed by atoms with E-state index in [-0.39, 0.29) is 12.5 Å². The van der Waals surface area contributed by atoms with Crippen LogP contribution < -0.4 is 5.32 Å². The number of nitrogens with zero attached hydrogens (tertiary/aromatic N) is 2. The van der Waals surface area contributed by atoms with E-state index < -0.39 is 0 Å². The molecule has 3 rings (SSSR count). The molecule has 2 aliphatic heterocycles. The molecule has 0 bridgehead atoms. The predicted octanol–water partition coefficient (Wildman–Crippen LogP) is 2.44. The van der Waals surface area contributed by atoms with E-state index in [2.05, 4.69) is 15.3 Å². The molecular weight excluding hydrogens is 250 g/mol. The Hall–Kier alpha value is -1.94. The van der Waals surface area contributed by atoms with Gasteiger partial charge in [0, 0.05) is 23.2 Å². The van der Waals surface area contributed by atoms with E-state index in [4.69, 9.17) is 11.6 Å². The number of nitrogens with one attached hydrogen (secondary N) is 1. The third-order valence-corrected chi connectivity index (χ3v) is 3.05. The first-order valence-electron chi connectivity index (χ1n) is 5.60. The molecule has 4 nitrogen and oxygen atoms in total. The lowest BCUT2D eigenvalue weighted by Gasteiger charge is -2.09. The van der Waals surface area contributed by atoms with Crippen LogP contribution in [0.3, 0.4) is 0 Å². The van der Waals surface area contributed by atoms with Crippen LogP contribution in [0.15, 0.2) is 40.5 Å². The molecule has 0 spiro atoms. The number of halogens is 1. The fourth-order valence-electron chi connectivity index (χ4n) is 2.01. The molecule has 0 atom stereocenters. The predicted molar refractivity (Wildman–Crippen MR) is 72.7 cm³/mol. The number of benzodiazepines with no additional fused rings is 1. The first-order valence-corrected chi connectivity index (χ1v) is 5.98. The zero-order valence-electron chi connectivity index (χ0n) is 9.48. The molecule has 2 aliphatic rings. The maximum Gasteiger partial charge on any atom is 0.246 e. The zero-order valence-corrected chi connectivity index (χ0v) is 10.2. The molecule has 0 saturated heterocycles. The molecule has 0 unspecified atom stereocenters. The number of fused-ring (bicyclic) bond motifs is 1. The summed E-state index contributed by atoms with van der Waals surface area (Å²) in [4.78, 5) is 20.2. The minimum absolute atomic E-state index is 0.112. The van der Waals surface area contributed by atoms with Gasteiger partial charge in [0.05, 0.1) is 17.1 Å². The summed E-state index contributed by atoms with van der Waals surface area (Å²) < 4.78 is 0. The van der Waals surface area contributed by atoms with Gasteiger partial charge in [-0.3, -0.25) is 14.8 Å². The molecule has 90 valence electrons. The molecule has 0 aromatic heterocycles. The van der Waals surface area contributed by atoms with E-state index in [1.807, 2.05) is 12.1 Å². The van der Waals surface area contributed by atoms with Crippen LogP contribution in [0.2, 0.25) is 5.02 Å². The van der Waals surface area contributed by atoms with Crippen LogP contribution in [0.25, 0.3) is 0 Å². The molecule has 18 heavy (non-hydrogen) atoms. The maximum absolute atomic E-state index is 11.6. The third kappa shape index (κ3) is 1.95. The lowest BCUT2D eigenvalue weighted by atomic mass is 10.0. The summed E-state index contributed by atoms with van der Waals surface area (Å²) in [5, 5.41) is 3.43. The van der Waals surface area contributed by atoms with Gasteiger partial charge in [-0.15, -0.1) is 0 Å². The van der Waals surface area contributed by atoms with Gasteiger partial charge in [-0.25, -0.2) is 0 Å². The van der Waals surface area contributed by atoms with Gasteiger partial charge in [-0.1, -0.05) is 17.7 Å². The average molecular weight is 260 g/mol. The van der Waals surface area contributed by atoms with Gasteiger partial charge in [0.15, 0.2) is 0 Å². The number of amides is 1. The largest absolute Gasteiger partial charge is 0.324 e. The second-order valence-electron chi connectivity index (χ2n) is 4.07. The van der Waals surface area contributed by atoms with Crippen LogP contribution in [0.5, 0.6) is 0 Å². The van der Waals surface area contributed by atoms with Crippen molar-refractivity contribution in [2.45, 2.75) is 6.42 Å². The van der Waals surface area contributed by atoms with Crippen molar-refractivity contribution >= 4 is 34.6 Å². The summed E-state index contributed by atoms with van der Waals surface area (Å²) in [6.45, 7) is 0.112. The molecular formula is C13H10ClN3O. The van der Waals surface area contributed by atoms with E-state index >= 15 is 0 Å². The maximum atomic E-state index is 11.6. The Morgan fingerprint density at radius 2 is 2.22 bits per heavy atom. The Bertz CT molecular complexity index is 617. The van der Waals surface area contributed by atoms with E-state index in [0.29, 0.717) is 5.02 Å². The molecule has 2 heterocycles. The van der Waals surface area contributed by atoms with Gasteiger partial charge in [0.1, 0.15) is 6.54 Å². The normalized spacial score (nSPS) is 17.7. The molecule has 5 heteroatoms. The summed E-state index contributed by atoms with van der Waals surface area (Å²) in [5.74, 6) is -0.125. The topological polar surface area (TPSA) is 53.8 Å². The number of carbonyl (C=O) groups excluding carboxylic acids is 1. The number of anilines is 1.